The van der Waals surface area contributed by atoms with E-state index >= 15 is 0 Å². The molecule has 8 nitrogen and oxygen atoms in total. The molecule has 0 aliphatic carbocycles. The smallest absolute Gasteiger partial charge is 0.363 e. The second-order valence-corrected chi connectivity index (χ2v) is 7.44. The molecule has 1 heterocycles. The summed E-state index contributed by atoms with van der Waals surface area (Å²) in [5, 5.41) is 11.2. The average Bonchev–Trinajstić information content (AvgIpc) is 3.15. The van der Waals surface area contributed by atoms with E-state index in [1.165, 1.54) is 24.3 Å². The number of benzene rings is 3. The number of ether oxygens (including phenoxy) is 2. The first-order chi connectivity index (χ1) is 15.8. The molecule has 0 spiro atoms. The molecule has 0 fully saturated rings. The van der Waals surface area contributed by atoms with Crippen LogP contribution >= 0.6 is 11.6 Å². The molecule has 33 heavy (non-hydrogen) atoms. The van der Waals surface area contributed by atoms with E-state index < -0.39 is 16.9 Å². The summed E-state index contributed by atoms with van der Waals surface area (Å²) >= 11 is 6.09. The number of non-ortho nitro benzene ring substituents is 1. The summed E-state index contributed by atoms with van der Waals surface area (Å²) in [6.45, 7) is 1.82. The summed E-state index contributed by atoms with van der Waals surface area (Å²) < 4.78 is 10.5. The van der Waals surface area contributed by atoms with Gasteiger partial charge in [-0.15, -0.1) is 0 Å². The quantitative estimate of drug-likeness (QED) is 0.171. The number of carbonyl (C=O) groups is 2. The molecule has 0 aromatic heterocycles. The highest BCUT2D eigenvalue weighted by atomic mass is 35.5. The van der Waals surface area contributed by atoms with Crippen LogP contribution in [-0.4, -0.2) is 22.8 Å². The molecule has 0 radical (unpaired) electrons. The number of aliphatic imine (C=N–C) groups is 1. The molecular formula is C24H15ClN2O6. The van der Waals surface area contributed by atoms with Crippen molar-refractivity contribution in [2.75, 3.05) is 0 Å². The van der Waals surface area contributed by atoms with E-state index in [1.54, 1.807) is 36.4 Å². The van der Waals surface area contributed by atoms with E-state index in [4.69, 9.17) is 21.1 Å². The summed E-state index contributed by atoms with van der Waals surface area (Å²) in [4.78, 5) is 39.1. The third kappa shape index (κ3) is 4.81. The molecule has 4 rings (SSSR count). The lowest BCUT2D eigenvalue weighted by Gasteiger charge is -2.06. The summed E-state index contributed by atoms with van der Waals surface area (Å²) in [5.41, 5.74) is 1.81. The summed E-state index contributed by atoms with van der Waals surface area (Å²) in [7, 11) is 0. The minimum atomic E-state index is -0.720. The van der Waals surface area contributed by atoms with Crippen molar-refractivity contribution in [1.29, 1.82) is 0 Å². The average molecular weight is 463 g/mol. The third-order valence-electron chi connectivity index (χ3n) is 4.77. The highest BCUT2D eigenvalue weighted by Gasteiger charge is 2.27. The summed E-state index contributed by atoms with van der Waals surface area (Å²) in [5.74, 6) is -0.972. The van der Waals surface area contributed by atoms with Crippen LogP contribution in [-0.2, 0) is 9.53 Å². The number of hydrogen-bond acceptors (Lipinski definition) is 7. The van der Waals surface area contributed by atoms with Gasteiger partial charge in [-0.05, 0) is 48.4 Å². The van der Waals surface area contributed by atoms with Gasteiger partial charge in [0.15, 0.2) is 5.70 Å². The fourth-order valence-corrected chi connectivity index (χ4v) is 3.27. The van der Waals surface area contributed by atoms with Crippen LogP contribution in [0.3, 0.4) is 0 Å². The zero-order valence-corrected chi connectivity index (χ0v) is 17.9. The van der Waals surface area contributed by atoms with Gasteiger partial charge in [-0.2, -0.15) is 0 Å². The standard InChI is InChI=1S/C24H15ClN2O6/c1-14-4-2-3-5-18(14)23(28)32-17-9-6-15(7-10-17)12-21-24(29)33-22(26-21)19-13-16(27(30)31)8-11-20(19)25/h2-13H,1H3/b21-12-. The van der Waals surface area contributed by atoms with E-state index in [1.807, 2.05) is 19.1 Å². The molecule has 0 saturated heterocycles. The lowest BCUT2D eigenvalue weighted by atomic mass is 10.1. The number of halogens is 1. The maximum atomic E-state index is 12.3. The summed E-state index contributed by atoms with van der Waals surface area (Å²) in [6, 6.07) is 17.3. The van der Waals surface area contributed by atoms with Gasteiger partial charge in [0.25, 0.3) is 5.69 Å². The van der Waals surface area contributed by atoms with Crippen LogP contribution in [0.25, 0.3) is 6.08 Å². The van der Waals surface area contributed by atoms with Crippen molar-refractivity contribution in [1.82, 2.24) is 0 Å². The number of nitrogens with zero attached hydrogens (tertiary/aromatic N) is 2. The Balaban J connectivity index is 1.53. The Morgan fingerprint density at radius 3 is 2.55 bits per heavy atom. The highest BCUT2D eigenvalue weighted by Crippen LogP contribution is 2.27. The van der Waals surface area contributed by atoms with Crippen molar-refractivity contribution in [2.24, 2.45) is 4.99 Å². The molecule has 164 valence electrons. The van der Waals surface area contributed by atoms with Gasteiger partial charge in [0, 0.05) is 12.1 Å². The lowest BCUT2D eigenvalue weighted by molar-refractivity contribution is -0.384. The van der Waals surface area contributed by atoms with E-state index in [0.29, 0.717) is 16.9 Å². The SMILES string of the molecule is Cc1ccccc1C(=O)Oc1ccc(/C=C2\N=C(c3cc([N+](=O)[O-])ccc3Cl)OC2=O)cc1. The second-order valence-electron chi connectivity index (χ2n) is 7.03. The Labute approximate surface area is 192 Å². The number of nitro benzene ring substituents is 1. The van der Waals surface area contributed by atoms with Gasteiger partial charge in [-0.3, -0.25) is 10.1 Å². The Hall–Kier alpha value is -4.30. The fourth-order valence-electron chi connectivity index (χ4n) is 3.07. The third-order valence-corrected chi connectivity index (χ3v) is 5.10. The number of cyclic esters (lactones) is 1. The Morgan fingerprint density at radius 1 is 1.12 bits per heavy atom. The topological polar surface area (TPSA) is 108 Å². The number of carbonyl (C=O) groups excluding carboxylic acids is 2. The van der Waals surface area contributed by atoms with Crippen LogP contribution in [0.4, 0.5) is 5.69 Å². The van der Waals surface area contributed by atoms with Crippen molar-refractivity contribution in [2.45, 2.75) is 6.92 Å². The van der Waals surface area contributed by atoms with Crippen LogP contribution in [0.2, 0.25) is 5.02 Å². The zero-order chi connectivity index (χ0) is 23.5. The molecule has 0 bridgehead atoms. The second kappa shape index (κ2) is 9.05. The van der Waals surface area contributed by atoms with Crippen LogP contribution in [0.15, 0.2) is 77.4 Å². The molecule has 9 heteroatoms. The molecule has 0 atom stereocenters. The molecule has 3 aromatic carbocycles. The Morgan fingerprint density at radius 2 is 1.85 bits per heavy atom. The lowest BCUT2D eigenvalue weighted by Crippen LogP contribution is -2.09. The number of nitro groups is 1. The maximum Gasteiger partial charge on any atom is 0.363 e. The van der Waals surface area contributed by atoms with Crippen molar-refractivity contribution >= 4 is 41.2 Å². The predicted molar refractivity (Wildman–Crippen MR) is 121 cm³/mol. The first-order valence-electron chi connectivity index (χ1n) is 9.66. The van der Waals surface area contributed by atoms with E-state index in [9.17, 15) is 19.7 Å². The van der Waals surface area contributed by atoms with Gasteiger partial charge >= 0.3 is 11.9 Å². The fraction of sp³-hybridized carbons (Fsp3) is 0.0417. The van der Waals surface area contributed by atoms with E-state index in [2.05, 4.69) is 4.99 Å². The molecule has 3 aromatic rings. The molecular weight excluding hydrogens is 448 g/mol. The van der Waals surface area contributed by atoms with E-state index in [0.717, 1.165) is 5.56 Å². The minimum Gasteiger partial charge on any atom is -0.423 e. The largest absolute Gasteiger partial charge is 0.423 e. The number of rotatable bonds is 5. The van der Waals surface area contributed by atoms with Crippen LogP contribution < -0.4 is 4.74 Å². The number of aryl methyl sites for hydroxylation is 1. The highest BCUT2D eigenvalue weighted by molar-refractivity contribution is 6.34. The molecule has 0 saturated carbocycles. The number of hydrogen-bond donors (Lipinski definition) is 0. The first kappa shape index (κ1) is 21.9. The normalized spacial score (nSPS) is 14.1. The van der Waals surface area contributed by atoms with Gasteiger partial charge < -0.3 is 9.47 Å². The van der Waals surface area contributed by atoms with Gasteiger partial charge in [0.1, 0.15) is 5.75 Å². The van der Waals surface area contributed by atoms with Crippen molar-refractivity contribution < 1.29 is 24.0 Å². The molecule has 1 aliphatic rings. The van der Waals surface area contributed by atoms with Gasteiger partial charge in [0.2, 0.25) is 5.90 Å². The molecule has 0 N–H and O–H groups in total. The monoisotopic (exact) mass is 462 g/mol. The Kier molecular flexibility index (Phi) is 6.01. The van der Waals surface area contributed by atoms with E-state index in [-0.39, 0.29) is 27.9 Å². The molecule has 0 amide bonds. The molecule has 1 aliphatic heterocycles. The minimum absolute atomic E-state index is 0.00257. The maximum absolute atomic E-state index is 12.3. The van der Waals surface area contributed by atoms with Crippen molar-refractivity contribution in [3.63, 3.8) is 0 Å². The first-order valence-corrected chi connectivity index (χ1v) is 10.0. The van der Waals surface area contributed by atoms with Gasteiger partial charge in [-0.1, -0.05) is 41.9 Å². The predicted octanol–water partition coefficient (Wildman–Crippen LogP) is 5.12. The van der Waals surface area contributed by atoms with Crippen LogP contribution in [0, 0.1) is 17.0 Å². The number of esters is 2. The van der Waals surface area contributed by atoms with Crippen LogP contribution in [0.5, 0.6) is 5.75 Å². The van der Waals surface area contributed by atoms with Crippen molar-refractivity contribution in [3.8, 4) is 5.75 Å². The summed E-state index contributed by atoms with van der Waals surface area (Å²) in [6.07, 6.45) is 1.48. The zero-order valence-electron chi connectivity index (χ0n) is 17.2. The van der Waals surface area contributed by atoms with Gasteiger partial charge in [0.05, 0.1) is 21.1 Å². The van der Waals surface area contributed by atoms with Crippen molar-refractivity contribution in [3.05, 3.63) is 110 Å². The molecule has 0 unspecified atom stereocenters. The van der Waals surface area contributed by atoms with Crippen LogP contribution in [0.1, 0.15) is 27.0 Å². The van der Waals surface area contributed by atoms with Gasteiger partial charge in [-0.25, -0.2) is 14.6 Å². The Bertz CT molecular complexity index is 1350.